The molecule has 254 valence electrons. The van der Waals surface area contributed by atoms with Crippen LogP contribution in [0, 0.1) is 0 Å². The molecule has 8 nitrogen and oxygen atoms in total. The van der Waals surface area contributed by atoms with Crippen molar-refractivity contribution >= 4 is 39.0 Å². The molecule has 0 spiro atoms. The van der Waals surface area contributed by atoms with E-state index in [-0.39, 0.29) is 18.2 Å². The molecule has 50 heavy (non-hydrogen) atoms. The van der Waals surface area contributed by atoms with Crippen molar-refractivity contribution in [3.05, 3.63) is 143 Å². The average Bonchev–Trinajstić information content (AvgIpc) is 3.55. The second-order valence-corrected chi connectivity index (χ2v) is 14.8. The van der Waals surface area contributed by atoms with Gasteiger partial charge in [-0.2, -0.15) is 10.1 Å². The number of hydrogen-bond acceptors (Lipinski definition) is 6. The van der Waals surface area contributed by atoms with Crippen LogP contribution in [0.1, 0.15) is 63.1 Å². The van der Waals surface area contributed by atoms with Gasteiger partial charge in [0.25, 0.3) is 0 Å². The molecule has 2 N–H and O–H groups in total. The zero-order valence-corrected chi connectivity index (χ0v) is 30.1. The molecule has 1 amide bonds. The summed E-state index contributed by atoms with van der Waals surface area (Å²) in [7, 11) is 0. The van der Waals surface area contributed by atoms with Crippen molar-refractivity contribution in [1.29, 1.82) is 0 Å². The fraction of sp³-hybridized carbons (Fsp3) is 0.268. The summed E-state index contributed by atoms with van der Waals surface area (Å²) in [4.78, 5) is 25.6. The Balaban J connectivity index is 1.39. The van der Waals surface area contributed by atoms with E-state index < -0.39 is 11.1 Å². The molecule has 1 saturated carbocycles. The van der Waals surface area contributed by atoms with Gasteiger partial charge in [-0.05, 0) is 75.3 Å². The highest BCUT2D eigenvalue weighted by Gasteiger charge is 2.47. The highest BCUT2D eigenvalue weighted by Crippen LogP contribution is 2.47. The van der Waals surface area contributed by atoms with Gasteiger partial charge in [0.1, 0.15) is 11.1 Å². The fourth-order valence-corrected chi connectivity index (χ4v) is 7.67. The number of rotatable bonds is 8. The maximum atomic E-state index is 12.7. The first-order valence-corrected chi connectivity index (χ1v) is 17.9. The van der Waals surface area contributed by atoms with Crippen LogP contribution >= 0.6 is 15.9 Å². The van der Waals surface area contributed by atoms with Crippen molar-refractivity contribution in [1.82, 2.24) is 25.5 Å². The van der Waals surface area contributed by atoms with E-state index in [9.17, 15) is 4.79 Å². The maximum absolute atomic E-state index is 12.7. The quantitative estimate of drug-likeness (QED) is 0.152. The number of aromatic nitrogens is 4. The van der Waals surface area contributed by atoms with Crippen LogP contribution in [-0.2, 0) is 10.3 Å². The molecule has 1 fully saturated rings. The number of hydrogen-bond donors (Lipinski definition) is 2. The normalized spacial score (nSPS) is 16.6. The molecule has 0 atom stereocenters. The zero-order valence-electron chi connectivity index (χ0n) is 28.5. The summed E-state index contributed by atoms with van der Waals surface area (Å²) in [6.07, 6.45) is 4.70. The molecule has 2 heterocycles. The minimum absolute atomic E-state index is 0.00465. The molecule has 0 bridgehead atoms. The van der Waals surface area contributed by atoms with Crippen molar-refractivity contribution in [2.75, 3.05) is 4.90 Å². The number of nitrogens with zero attached hydrogens (tertiary/aromatic N) is 4. The van der Waals surface area contributed by atoms with E-state index in [1.54, 1.807) is 0 Å². The van der Waals surface area contributed by atoms with Crippen molar-refractivity contribution in [2.45, 2.75) is 69.7 Å². The Kier molecular flexibility index (Phi) is 9.42. The minimum Gasteiger partial charge on any atom is -0.444 e. The molecule has 1 aliphatic rings. The summed E-state index contributed by atoms with van der Waals surface area (Å²) in [5, 5.41) is 11.9. The lowest BCUT2D eigenvalue weighted by Crippen LogP contribution is -2.56. The van der Waals surface area contributed by atoms with Gasteiger partial charge in [0, 0.05) is 28.3 Å². The summed E-state index contributed by atoms with van der Waals surface area (Å²) in [5.74, 6) is 0.588. The molecule has 1 aliphatic carbocycles. The number of benzene rings is 4. The third-order valence-corrected chi connectivity index (χ3v) is 9.84. The number of ether oxygens (including phenoxy) is 1. The van der Waals surface area contributed by atoms with Gasteiger partial charge in [-0.3, -0.25) is 5.10 Å². The zero-order chi connectivity index (χ0) is 34.7. The van der Waals surface area contributed by atoms with E-state index in [2.05, 4.69) is 128 Å². The van der Waals surface area contributed by atoms with Crippen molar-refractivity contribution in [3.63, 3.8) is 0 Å². The van der Waals surface area contributed by atoms with Crippen LogP contribution in [0.3, 0.4) is 0 Å². The molecular weight excluding hydrogens is 688 g/mol. The highest BCUT2D eigenvalue weighted by molar-refractivity contribution is 9.10. The van der Waals surface area contributed by atoms with Gasteiger partial charge < -0.3 is 15.0 Å². The van der Waals surface area contributed by atoms with Crippen molar-refractivity contribution in [3.8, 4) is 11.3 Å². The molecule has 7 rings (SSSR count). The van der Waals surface area contributed by atoms with Crippen LogP contribution in [0.4, 0.5) is 10.7 Å². The number of amides is 1. The minimum atomic E-state index is -0.795. The lowest BCUT2D eigenvalue weighted by molar-refractivity contribution is 0.0490. The third kappa shape index (κ3) is 6.74. The van der Waals surface area contributed by atoms with Gasteiger partial charge in [-0.25, -0.2) is 9.78 Å². The topological polar surface area (TPSA) is 96.0 Å². The largest absolute Gasteiger partial charge is 0.444 e. The smallest absolute Gasteiger partial charge is 0.407 e. The molecule has 2 aromatic heterocycles. The van der Waals surface area contributed by atoms with Crippen LogP contribution in [0.2, 0.25) is 0 Å². The first-order valence-electron chi connectivity index (χ1n) is 17.1. The van der Waals surface area contributed by atoms with Gasteiger partial charge in [0.05, 0.1) is 11.1 Å². The summed E-state index contributed by atoms with van der Waals surface area (Å²) in [5.41, 5.74) is 4.42. The molecule has 6 aromatic rings. The summed E-state index contributed by atoms with van der Waals surface area (Å²) >= 11 is 3.60. The molecule has 0 saturated heterocycles. The van der Waals surface area contributed by atoms with E-state index in [0.29, 0.717) is 11.6 Å². The Morgan fingerprint density at radius 2 is 1.40 bits per heavy atom. The number of fused-ring (bicyclic) bond motifs is 1. The second kappa shape index (κ2) is 14.1. The van der Waals surface area contributed by atoms with Crippen LogP contribution in [0.15, 0.2) is 126 Å². The predicted molar refractivity (Wildman–Crippen MR) is 202 cm³/mol. The van der Waals surface area contributed by atoms with Gasteiger partial charge in [0.2, 0.25) is 5.95 Å². The standard InChI is InChI=1S/C41H41BrN6O2/c1-40(2,3)50-39(49)44-33-22-24-34(25-23-33)48(38-43-27-35-36(46-47-37(35)45-38)28-14-13-21-32(42)26-28)41(29-15-7-4-8-16-29,30-17-9-5-10-18-30)31-19-11-6-12-20-31/h4-21,26-27,33-34H,22-25H2,1-3H3,(H,44,49)(H,43,45,46,47). The van der Waals surface area contributed by atoms with E-state index >= 15 is 0 Å². The summed E-state index contributed by atoms with van der Waals surface area (Å²) in [6, 6.07) is 40.0. The Morgan fingerprint density at radius 1 is 0.820 bits per heavy atom. The van der Waals surface area contributed by atoms with Crippen molar-refractivity contribution < 1.29 is 9.53 Å². The number of nitrogens with one attached hydrogen (secondary N) is 2. The first-order chi connectivity index (χ1) is 24.2. The number of alkyl carbamates (subject to hydrolysis) is 1. The molecule has 4 aromatic carbocycles. The van der Waals surface area contributed by atoms with E-state index in [0.717, 1.165) is 63.5 Å². The lowest BCUT2D eigenvalue weighted by atomic mass is 9.73. The first kappa shape index (κ1) is 33.5. The van der Waals surface area contributed by atoms with Gasteiger partial charge >= 0.3 is 6.09 Å². The number of carbonyl (C=O) groups is 1. The third-order valence-electron chi connectivity index (χ3n) is 9.35. The molecule has 0 radical (unpaired) electrons. The van der Waals surface area contributed by atoms with E-state index in [4.69, 9.17) is 19.8 Å². The summed E-state index contributed by atoms with van der Waals surface area (Å²) in [6.45, 7) is 5.65. The number of anilines is 1. The number of H-pyrrole nitrogens is 1. The predicted octanol–water partition coefficient (Wildman–Crippen LogP) is 9.42. The number of carbonyl (C=O) groups excluding carboxylic acids is 1. The molecule has 0 aliphatic heterocycles. The molecule has 9 heteroatoms. The molecule has 0 unspecified atom stereocenters. The fourth-order valence-electron chi connectivity index (χ4n) is 7.27. The van der Waals surface area contributed by atoms with Gasteiger partial charge in [-0.15, -0.1) is 0 Å². The van der Waals surface area contributed by atoms with E-state index in [1.165, 1.54) is 0 Å². The monoisotopic (exact) mass is 728 g/mol. The SMILES string of the molecule is CC(C)(C)OC(=O)NC1CCC(N(c2ncc3c(-c4cccc(Br)c4)[nH]nc3n2)C(c2ccccc2)(c2ccccc2)c2ccccc2)CC1. The summed E-state index contributed by atoms with van der Waals surface area (Å²) < 4.78 is 6.58. The van der Waals surface area contributed by atoms with E-state index in [1.807, 2.05) is 45.2 Å². The van der Waals surface area contributed by atoms with Crippen LogP contribution in [-0.4, -0.2) is 43.9 Å². The number of halogens is 1. The second-order valence-electron chi connectivity index (χ2n) is 13.8. The average molecular weight is 730 g/mol. The Bertz CT molecular complexity index is 1960. The Labute approximate surface area is 301 Å². The lowest BCUT2D eigenvalue weighted by Gasteiger charge is -2.50. The van der Waals surface area contributed by atoms with Crippen LogP contribution in [0.5, 0.6) is 0 Å². The van der Waals surface area contributed by atoms with Crippen molar-refractivity contribution in [2.24, 2.45) is 0 Å². The van der Waals surface area contributed by atoms with Gasteiger partial charge in [0.15, 0.2) is 5.65 Å². The highest BCUT2D eigenvalue weighted by atomic mass is 79.9. The van der Waals surface area contributed by atoms with Crippen LogP contribution < -0.4 is 10.2 Å². The van der Waals surface area contributed by atoms with Crippen LogP contribution in [0.25, 0.3) is 22.3 Å². The van der Waals surface area contributed by atoms with Gasteiger partial charge in [-0.1, -0.05) is 119 Å². The Morgan fingerprint density at radius 3 is 1.94 bits per heavy atom. The molecular formula is C41H41BrN6O2. The maximum Gasteiger partial charge on any atom is 0.407 e. The number of aromatic amines is 1. The Hall–Kier alpha value is -5.02.